The van der Waals surface area contributed by atoms with Crippen molar-refractivity contribution in [3.05, 3.63) is 82.5 Å². The number of methoxy groups -OCH3 is 1. The molecule has 0 bridgehead atoms. The molecule has 2 heterocycles. The van der Waals surface area contributed by atoms with Crippen molar-refractivity contribution in [2.75, 3.05) is 12.4 Å². The molecule has 0 fully saturated rings. The number of hydrogen-bond donors (Lipinski definition) is 1. The van der Waals surface area contributed by atoms with Crippen LogP contribution in [0.4, 0.5) is 5.13 Å². The number of hydrogen-bond acceptors (Lipinski definition) is 4. The minimum atomic E-state index is -0.169. The van der Waals surface area contributed by atoms with Crippen LogP contribution in [0.25, 0.3) is 16.9 Å². The summed E-state index contributed by atoms with van der Waals surface area (Å²) in [5.41, 5.74) is 5.82. The summed E-state index contributed by atoms with van der Waals surface area (Å²) in [5, 5.41) is 3.51. The van der Waals surface area contributed by atoms with Crippen molar-refractivity contribution in [2.24, 2.45) is 0 Å². The maximum Gasteiger partial charge on any atom is 0.257 e. The number of amides is 1. The van der Waals surface area contributed by atoms with Crippen LogP contribution in [0.15, 0.2) is 60.7 Å². The summed E-state index contributed by atoms with van der Waals surface area (Å²) >= 11 is 1.47. The van der Waals surface area contributed by atoms with E-state index in [4.69, 9.17) is 4.74 Å². The monoisotopic (exact) mass is 417 g/mol. The van der Waals surface area contributed by atoms with Crippen molar-refractivity contribution in [3.63, 3.8) is 0 Å². The Morgan fingerprint density at radius 1 is 0.933 bits per heavy atom. The maximum absolute atomic E-state index is 12.7. The lowest BCUT2D eigenvalue weighted by Crippen LogP contribution is -2.11. The average molecular weight is 418 g/mol. The van der Waals surface area contributed by atoms with E-state index in [1.54, 1.807) is 7.11 Å². The second-order valence-electron chi connectivity index (χ2n) is 7.10. The first-order valence-electron chi connectivity index (χ1n) is 9.65. The molecule has 1 amide bonds. The minimum Gasteiger partial charge on any atom is -0.497 e. The molecule has 4 rings (SSSR count). The van der Waals surface area contributed by atoms with Crippen molar-refractivity contribution in [2.45, 2.75) is 20.8 Å². The lowest BCUT2D eigenvalue weighted by molar-refractivity contribution is 0.102. The van der Waals surface area contributed by atoms with Gasteiger partial charge in [-0.05, 0) is 81.4 Å². The molecule has 6 heteroatoms. The molecule has 0 aliphatic heterocycles. The zero-order valence-corrected chi connectivity index (χ0v) is 18.2. The fraction of sp³-hybridized carbons (Fsp3) is 0.167. The molecule has 0 spiro atoms. The smallest absolute Gasteiger partial charge is 0.257 e. The zero-order valence-electron chi connectivity index (χ0n) is 17.4. The first kappa shape index (κ1) is 19.9. The van der Waals surface area contributed by atoms with Crippen molar-refractivity contribution in [1.82, 2.24) is 9.55 Å². The molecule has 0 atom stereocenters. The van der Waals surface area contributed by atoms with Crippen LogP contribution in [-0.2, 0) is 0 Å². The number of aromatic nitrogens is 2. The molecule has 30 heavy (non-hydrogen) atoms. The Kier molecular flexibility index (Phi) is 5.42. The summed E-state index contributed by atoms with van der Waals surface area (Å²) in [4.78, 5) is 18.4. The average Bonchev–Trinajstić information content (AvgIpc) is 3.29. The number of aryl methyl sites for hydroxylation is 3. The molecule has 0 aliphatic carbocycles. The largest absolute Gasteiger partial charge is 0.497 e. The van der Waals surface area contributed by atoms with E-state index >= 15 is 0 Å². The first-order valence-corrected chi connectivity index (χ1v) is 10.5. The summed E-state index contributed by atoms with van der Waals surface area (Å²) in [6.07, 6.45) is 0. The van der Waals surface area contributed by atoms with Gasteiger partial charge >= 0.3 is 0 Å². The number of nitrogens with one attached hydrogen (secondary N) is 1. The SMILES string of the molecule is COc1ccc(-c2nc(NC(=O)c3ccc(-n4c(C)ccc4C)cc3)sc2C)cc1. The molecule has 0 saturated heterocycles. The number of nitrogens with zero attached hydrogens (tertiary/aromatic N) is 2. The van der Waals surface area contributed by atoms with E-state index in [1.807, 2.05) is 55.5 Å². The number of carbonyl (C=O) groups excluding carboxylic acids is 1. The van der Waals surface area contributed by atoms with E-state index in [-0.39, 0.29) is 5.91 Å². The van der Waals surface area contributed by atoms with Crippen LogP contribution < -0.4 is 10.1 Å². The summed E-state index contributed by atoms with van der Waals surface area (Å²) in [5.74, 6) is 0.631. The van der Waals surface area contributed by atoms with Gasteiger partial charge < -0.3 is 9.30 Å². The number of anilines is 1. The van der Waals surface area contributed by atoms with Gasteiger partial charge in [0.1, 0.15) is 5.75 Å². The maximum atomic E-state index is 12.7. The zero-order chi connectivity index (χ0) is 21.3. The number of thiazole rings is 1. The predicted octanol–water partition coefficient (Wildman–Crippen LogP) is 5.79. The fourth-order valence-corrected chi connectivity index (χ4v) is 4.30. The number of carbonyl (C=O) groups is 1. The summed E-state index contributed by atoms with van der Waals surface area (Å²) in [7, 11) is 1.64. The molecule has 5 nitrogen and oxygen atoms in total. The highest BCUT2D eigenvalue weighted by molar-refractivity contribution is 7.16. The van der Waals surface area contributed by atoms with Crippen LogP contribution in [0.5, 0.6) is 5.75 Å². The van der Waals surface area contributed by atoms with Crippen LogP contribution in [0.3, 0.4) is 0 Å². The van der Waals surface area contributed by atoms with Gasteiger partial charge in [0, 0.05) is 33.1 Å². The van der Waals surface area contributed by atoms with E-state index in [0.29, 0.717) is 10.7 Å². The second kappa shape index (κ2) is 8.16. The van der Waals surface area contributed by atoms with Crippen LogP contribution in [0.2, 0.25) is 0 Å². The van der Waals surface area contributed by atoms with Gasteiger partial charge in [-0.3, -0.25) is 10.1 Å². The van der Waals surface area contributed by atoms with Crippen LogP contribution in [0, 0.1) is 20.8 Å². The first-order chi connectivity index (χ1) is 14.5. The van der Waals surface area contributed by atoms with Gasteiger partial charge in [-0.15, -0.1) is 11.3 Å². The number of ether oxygens (including phenoxy) is 1. The third kappa shape index (κ3) is 3.86. The molecular weight excluding hydrogens is 394 g/mol. The third-order valence-electron chi connectivity index (χ3n) is 5.04. The Morgan fingerprint density at radius 3 is 2.17 bits per heavy atom. The van der Waals surface area contributed by atoms with Gasteiger partial charge in [0.15, 0.2) is 5.13 Å². The lowest BCUT2D eigenvalue weighted by atomic mass is 10.1. The van der Waals surface area contributed by atoms with E-state index in [9.17, 15) is 4.79 Å². The minimum absolute atomic E-state index is 0.169. The van der Waals surface area contributed by atoms with E-state index in [2.05, 4.69) is 40.8 Å². The Morgan fingerprint density at radius 2 is 1.57 bits per heavy atom. The molecule has 2 aromatic carbocycles. The van der Waals surface area contributed by atoms with Gasteiger partial charge in [-0.25, -0.2) is 4.98 Å². The van der Waals surface area contributed by atoms with Crippen LogP contribution in [-0.4, -0.2) is 22.6 Å². The Balaban J connectivity index is 1.51. The highest BCUT2D eigenvalue weighted by atomic mass is 32.1. The van der Waals surface area contributed by atoms with Gasteiger partial charge in [0.05, 0.1) is 12.8 Å². The molecule has 0 unspecified atom stereocenters. The fourth-order valence-electron chi connectivity index (χ4n) is 3.47. The Bertz CT molecular complexity index is 1170. The second-order valence-corrected chi connectivity index (χ2v) is 8.31. The number of rotatable bonds is 5. The Hall–Kier alpha value is -3.38. The summed E-state index contributed by atoms with van der Waals surface area (Å²) in [6, 6.07) is 19.5. The van der Waals surface area contributed by atoms with Crippen molar-refractivity contribution < 1.29 is 9.53 Å². The molecule has 0 radical (unpaired) electrons. The summed E-state index contributed by atoms with van der Waals surface area (Å²) in [6.45, 7) is 6.14. The topological polar surface area (TPSA) is 56.1 Å². The van der Waals surface area contributed by atoms with Crippen molar-refractivity contribution in [3.8, 4) is 22.7 Å². The Labute approximate surface area is 180 Å². The highest BCUT2D eigenvalue weighted by Gasteiger charge is 2.14. The molecule has 152 valence electrons. The van der Waals surface area contributed by atoms with Crippen LogP contribution >= 0.6 is 11.3 Å². The van der Waals surface area contributed by atoms with Crippen molar-refractivity contribution >= 4 is 22.4 Å². The molecule has 0 aliphatic rings. The van der Waals surface area contributed by atoms with E-state index < -0.39 is 0 Å². The van der Waals surface area contributed by atoms with Crippen LogP contribution in [0.1, 0.15) is 26.6 Å². The van der Waals surface area contributed by atoms with Gasteiger partial charge in [0.25, 0.3) is 5.91 Å². The highest BCUT2D eigenvalue weighted by Crippen LogP contribution is 2.31. The van der Waals surface area contributed by atoms with Gasteiger partial charge in [-0.1, -0.05) is 0 Å². The molecule has 1 N–H and O–H groups in total. The van der Waals surface area contributed by atoms with Gasteiger partial charge in [-0.2, -0.15) is 0 Å². The van der Waals surface area contributed by atoms with E-state index in [1.165, 1.54) is 11.3 Å². The molecular formula is C24H23N3O2S. The standard InChI is InChI=1S/C24H23N3O2S/c1-15-5-6-16(2)27(15)20-11-7-19(8-12-20)23(28)26-24-25-22(17(3)30-24)18-9-13-21(29-4)14-10-18/h5-14H,1-4H3,(H,25,26,28). The van der Waals surface area contributed by atoms with E-state index in [0.717, 1.165) is 39.0 Å². The normalized spacial score (nSPS) is 10.8. The number of benzene rings is 2. The summed E-state index contributed by atoms with van der Waals surface area (Å²) < 4.78 is 7.37. The molecule has 4 aromatic rings. The lowest BCUT2D eigenvalue weighted by Gasteiger charge is -2.10. The predicted molar refractivity (Wildman–Crippen MR) is 122 cm³/mol. The molecule has 2 aromatic heterocycles. The third-order valence-corrected chi connectivity index (χ3v) is 5.93. The van der Waals surface area contributed by atoms with Crippen molar-refractivity contribution in [1.29, 1.82) is 0 Å². The van der Waals surface area contributed by atoms with Gasteiger partial charge in [0.2, 0.25) is 0 Å². The quantitative estimate of drug-likeness (QED) is 0.447. The molecule has 0 saturated carbocycles.